The van der Waals surface area contributed by atoms with E-state index in [9.17, 15) is 8.42 Å². The molecule has 0 bridgehead atoms. The Kier molecular flexibility index (Phi) is 4.62. The highest BCUT2D eigenvalue weighted by molar-refractivity contribution is 8.01. The van der Waals surface area contributed by atoms with Crippen molar-refractivity contribution in [2.24, 2.45) is 0 Å². The van der Waals surface area contributed by atoms with E-state index in [1.165, 1.54) is 17.4 Å². The second-order valence-corrected chi connectivity index (χ2v) is 7.99. The van der Waals surface area contributed by atoms with Crippen LogP contribution in [0.1, 0.15) is 6.92 Å². The number of hydrogen-bond acceptors (Lipinski definition) is 5. The highest BCUT2D eigenvalue weighted by Crippen LogP contribution is 2.30. The van der Waals surface area contributed by atoms with Crippen molar-refractivity contribution in [3.05, 3.63) is 30.9 Å². The highest BCUT2D eigenvalue weighted by atomic mass is 32.2. The molecule has 0 amide bonds. The highest BCUT2D eigenvalue weighted by Gasteiger charge is 2.14. The fourth-order valence-electron chi connectivity index (χ4n) is 1.49. The predicted molar refractivity (Wildman–Crippen MR) is 81.4 cm³/mol. The maximum atomic E-state index is 12.0. The Hall–Kier alpha value is -0.890. The zero-order valence-corrected chi connectivity index (χ0v) is 12.9. The number of thioether (sulfide) groups is 1. The quantitative estimate of drug-likeness (QED) is 0.658. The molecular formula is C12H14N2O2S3. The summed E-state index contributed by atoms with van der Waals surface area (Å²) in [5, 5.41) is 0. The molecule has 0 radical (unpaired) electrons. The van der Waals surface area contributed by atoms with Crippen LogP contribution in [-0.2, 0) is 10.0 Å². The van der Waals surface area contributed by atoms with E-state index in [1.807, 2.05) is 0 Å². The average molecular weight is 314 g/mol. The molecule has 1 heterocycles. The van der Waals surface area contributed by atoms with E-state index in [4.69, 9.17) is 0 Å². The largest absolute Gasteiger partial charge is 0.240 e. The Morgan fingerprint density at radius 2 is 2.32 bits per heavy atom. The fraction of sp³-hybridized carbons (Fsp3) is 0.250. The molecule has 0 aliphatic carbocycles. The van der Waals surface area contributed by atoms with Crippen LogP contribution < -0.4 is 4.72 Å². The van der Waals surface area contributed by atoms with Crippen LogP contribution in [0.25, 0.3) is 10.2 Å². The molecule has 0 spiro atoms. The minimum Gasteiger partial charge on any atom is -0.230 e. The van der Waals surface area contributed by atoms with Crippen molar-refractivity contribution in [1.82, 2.24) is 9.71 Å². The van der Waals surface area contributed by atoms with Gasteiger partial charge in [0.1, 0.15) is 0 Å². The van der Waals surface area contributed by atoms with Crippen molar-refractivity contribution in [1.29, 1.82) is 0 Å². The third kappa shape index (κ3) is 3.36. The Balaban J connectivity index is 2.38. The smallest absolute Gasteiger partial charge is 0.230 e. The van der Waals surface area contributed by atoms with Gasteiger partial charge in [-0.25, -0.2) is 18.1 Å². The van der Waals surface area contributed by atoms with Gasteiger partial charge in [-0.3, -0.25) is 0 Å². The van der Waals surface area contributed by atoms with Crippen LogP contribution in [0.4, 0.5) is 0 Å². The van der Waals surface area contributed by atoms with Gasteiger partial charge in [0, 0.05) is 6.54 Å². The second-order valence-electron chi connectivity index (χ2n) is 3.68. The summed E-state index contributed by atoms with van der Waals surface area (Å²) in [5.74, 6) is 0.950. The summed E-state index contributed by atoms with van der Waals surface area (Å²) in [6.45, 7) is 5.78. The van der Waals surface area contributed by atoms with Crippen molar-refractivity contribution in [3.63, 3.8) is 0 Å². The van der Waals surface area contributed by atoms with E-state index in [0.29, 0.717) is 0 Å². The first kappa shape index (κ1) is 14.5. The van der Waals surface area contributed by atoms with E-state index >= 15 is 0 Å². The zero-order chi connectivity index (χ0) is 13.9. The van der Waals surface area contributed by atoms with Crippen LogP contribution in [0, 0.1) is 0 Å². The Morgan fingerprint density at radius 1 is 1.53 bits per heavy atom. The number of benzene rings is 1. The first-order chi connectivity index (χ1) is 9.06. The molecule has 1 aromatic heterocycles. The molecule has 0 atom stereocenters. The molecule has 0 fully saturated rings. The van der Waals surface area contributed by atoms with Gasteiger partial charge in [-0.1, -0.05) is 24.8 Å². The van der Waals surface area contributed by atoms with E-state index in [1.54, 1.807) is 30.0 Å². The molecule has 1 N–H and O–H groups in total. The summed E-state index contributed by atoms with van der Waals surface area (Å²) in [5.41, 5.74) is 0.837. The minimum atomic E-state index is -3.47. The fourth-order valence-corrected chi connectivity index (χ4v) is 4.59. The molecular weight excluding hydrogens is 300 g/mol. The summed E-state index contributed by atoms with van der Waals surface area (Å²) in [4.78, 5) is 4.70. The van der Waals surface area contributed by atoms with Gasteiger partial charge in [0.2, 0.25) is 10.0 Å². The molecule has 1 aromatic carbocycles. The van der Waals surface area contributed by atoms with E-state index in [-0.39, 0.29) is 11.4 Å². The molecule has 102 valence electrons. The topological polar surface area (TPSA) is 59.1 Å². The monoisotopic (exact) mass is 314 g/mol. The number of nitrogens with zero attached hydrogens (tertiary/aromatic N) is 1. The van der Waals surface area contributed by atoms with Gasteiger partial charge in [-0.2, -0.15) is 0 Å². The summed E-state index contributed by atoms with van der Waals surface area (Å²) in [6.07, 6.45) is 1.51. The van der Waals surface area contributed by atoms with Crippen molar-refractivity contribution >= 4 is 43.3 Å². The Morgan fingerprint density at radius 3 is 3.00 bits per heavy atom. The summed E-state index contributed by atoms with van der Waals surface area (Å²) >= 11 is 3.17. The molecule has 0 aliphatic heterocycles. The van der Waals surface area contributed by atoms with Crippen molar-refractivity contribution in [3.8, 4) is 0 Å². The summed E-state index contributed by atoms with van der Waals surface area (Å²) in [6, 6.07) is 4.99. The number of nitrogens with one attached hydrogen (secondary N) is 1. The number of hydrogen-bond donors (Lipinski definition) is 1. The first-order valence-electron chi connectivity index (χ1n) is 5.71. The number of rotatable bonds is 6. The van der Waals surface area contributed by atoms with Crippen LogP contribution in [0.5, 0.6) is 0 Å². The lowest BCUT2D eigenvalue weighted by Crippen LogP contribution is -2.23. The molecule has 2 aromatic rings. The zero-order valence-electron chi connectivity index (χ0n) is 10.4. The van der Waals surface area contributed by atoms with Crippen LogP contribution in [0.15, 0.2) is 40.1 Å². The van der Waals surface area contributed by atoms with Crippen LogP contribution in [-0.4, -0.2) is 25.7 Å². The minimum absolute atomic E-state index is 0.222. The van der Waals surface area contributed by atoms with Crippen molar-refractivity contribution < 1.29 is 8.42 Å². The van der Waals surface area contributed by atoms with Crippen LogP contribution in [0.2, 0.25) is 0 Å². The maximum absolute atomic E-state index is 12.0. The third-order valence-electron chi connectivity index (χ3n) is 2.34. The molecule has 7 heteroatoms. The van der Waals surface area contributed by atoms with E-state index in [0.717, 1.165) is 20.3 Å². The molecule has 0 aliphatic rings. The SMILES string of the molecule is C=CCNS(=O)(=O)c1ccc2nc(SCC)sc2c1. The van der Waals surface area contributed by atoms with Gasteiger partial charge in [0.15, 0.2) is 4.34 Å². The molecule has 0 saturated carbocycles. The van der Waals surface area contributed by atoms with Gasteiger partial charge >= 0.3 is 0 Å². The van der Waals surface area contributed by atoms with Crippen molar-refractivity contribution in [2.45, 2.75) is 16.2 Å². The normalized spacial score (nSPS) is 11.8. The van der Waals surface area contributed by atoms with Crippen LogP contribution >= 0.6 is 23.1 Å². The van der Waals surface area contributed by atoms with E-state index in [2.05, 4.69) is 23.2 Å². The Labute approximate surface area is 121 Å². The molecule has 19 heavy (non-hydrogen) atoms. The van der Waals surface area contributed by atoms with Crippen molar-refractivity contribution in [2.75, 3.05) is 12.3 Å². The molecule has 4 nitrogen and oxygen atoms in total. The number of fused-ring (bicyclic) bond motifs is 1. The van der Waals surface area contributed by atoms with E-state index < -0.39 is 10.0 Å². The first-order valence-corrected chi connectivity index (χ1v) is 8.99. The van der Waals surface area contributed by atoms with Gasteiger partial charge in [0.25, 0.3) is 0 Å². The summed E-state index contributed by atoms with van der Waals surface area (Å²) < 4.78 is 28.3. The third-order valence-corrected chi connectivity index (χ3v) is 5.80. The average Bonchev–Trinajstić information content (AvgIpc) is 2.78. The molecule has 0 saturated heterocycles. The number of aromatic nitrogens is 1. The number of thiazole rings is 1. The lowest BCUT2D eigenvalue weighted by Gasteiger charge is -2.03. The second kappa shape index (κ2) is 6.04. The number of sulfonamides is 1. The lowest BCUT2D eigenvalue weighted by molar-refractivity contribution is 0.586. The van der Waals surface area contributed by atoms with Crippen LogP contribution in [0.3, 0.4) is 0 Å². The standard InChI is InChI=1S/C12H14N2O2S3/c1-3-7-13-19(15,16)9-5-6-10-11(8-9)18-12(14-10)17-4-2/h3,5-6,8,13H,1,4,7H2,2H3. The lowest BCUT2D eigenvalue weighted by atomic mass is 10.3. The van der Waals surface area contributed by atoms with Gasteiger partial charge in [-0.15, -0.1) is 17.9 Å². The van der Waals surface area contributed by atoms with Gasteiger partial charge in [0.05, 0.1) is 15.1 Å². The van der Waals surface area contributed by atoms with Gasteiger partial charge in [-0.05, 0) is 24.0 Å². The Bertz CT molecular complexity index is 692. The maximum Gasteiger partial charge on any atom is 0.240 e. The molecule has 0 unspecified atom stereocenters. The summed E-state index contributed by atoms with van der Waals surface area (Å²) in [7, 11) is -3.47. The molecule has 2 rings (SSSR count). The van der Waals surface area contributed by atoms with Gasteiger partial charge < -0.3 is 0 Å². The predicted octanol–water partition coefficient (Wildman–Crippen LogP) is 2.87.